The lowest BCUT2D eigenvalue weighted by molar-refractivity contribution is -0.142. The number of amides is 3. The van der Waals surface area contributed by atoms with Gasteiger partial charge >= 0.3 is 12.1 Å². The van der Waals surface area contributed by atoms with Crippen molar-refractivity contribution in [2.75, 3.05) is 38.9 Å². The van der Waals surface area contributed by atoms with Gasteiger partial charge in [0.2, 0.25) is 11.8 Å². The molecule has 50 heavy (non-hydrogen) atoms. The number of benzene rings is 1. The Labute approximate surface area is 294 Å². The van der Waals surface area contributed by atoms with E-state index < -0.39 is 36.4 Å². The molecule has 2 aliphatic carbocycles. The van der Waals surface area contributed by atoms with Crippen molar-refractivity contribution in [3.63, 3.8) is 0 Å². The van der Waals surface area contributed by atoms with Crippen LogP contribution < -0.4 is 10.6 Å². The van der Waals surface area contributed by atoms with Crippen LogP contribution in [-0.4, -0.2) is 85.0 Å². The summed E-state index contributed by atoms with van der Waals surface area (Å²) in [5, 5.41) is 6.57. The highest BCUT2D eigenvalue weighted by Crippen LogP contribution is 2.41. The van der Waals surface area contributed by atoms with Gasteiger partial charge in [-0.05, 0) is 94.9 Å². The van der Waals surface area contributed by atoms with Gasteiger partial charge in [-0.2, -0.15) is 0 Å². The number of nitrogens with zero attached hydrogens (tertiary/aromatic N) is 1. The monoisotopic (exact) mass is 698 g/mol. The second kappa shape index (κ2) is 17.0. The first-order chi connectivity index (χ1) is 24.0. The number of esters is 1. The Balaban J connectivity index is 1.25. The quantitative estimate of drug-likeness (QED) is 0.164. The molecule has 1 aliphatic heterocycles. The van der Waals surface area contributed by atoms with Gasteiger partial charge in [-0.3, -0.25) is 9.59 Å². The number of hydrogen-bond donors (Lipinski definition) is 3. The summed E-state index contributed by atoms with van der Waals surface area (Å²) in [6.07, 6.45) is 8.76. The molecule has 5 rings (SSSR count). The van der Waals surface area contributed by atoms with Gasteiger partial charge in [0.05, 0.1) is 12.6 Å². The highest BCUT2D eigenvalue weighted by molar-refractivity contribution is 6.01. The molecule has 3 N–H and O–H groups in total. The smallest absolute Gasteiger partial charge is 0.407 e. The van der Waals surface area contributed by atoms with Gasteiger partial charge in [-0.25, -0.2) is 14.0 Å². The number of H-pyrrole nitrogens is 1. The van der Waals surface area contributed by atoms with Gasteiger partial charge in [-0.1, -0.05) is 32.1 Å². The Hall–Kier alpha value is -3.67. The number of alkyl carbamates (subject to hydrolysis) is 1. The van der Waals surface area contributed by atoms with E-state index in [0.29, 0.717) is 62.6 Å². The fraction of sp³-hybridized carbons (Fsp3) is 0.684. The van der Waals surface area contributed by atoms with Gasteiger partial charge < -0.3 is 34.7 Å². The number of rotatable bonds is 12. The summed E-state index contributed by atoms with van der Waals surface area (Å²) in [4.78, 5) is 58.1. The van der Waals surface area contributed by atoms with Gasteiger partial charge in [-0.15, -0.1) is 0 Å². The zero-order valence-electron chi connectivity index (χ0n) is 30.1. The maximum Gasteiger partial charge on any atom is 0.407 e. The molecule has 11 nitrogen and oxygen atoms in total. The third-order valence-electron chi connectivity index (χ3n) is 10.6. The third-order valence-corrected chi connectivity index (χ3v) is 10.6. The Morgan fingerprint density at radius 2 is 1.72 bits per heavy atom. The summed E-state index contributed by atoms with van der Waals surface area (Å²) in [6, 6.07) is 5.93. The molecule has 276 valence electrons. The van der Waals surface area contributed by atoms with E-state index in [-0.39, 0.29) is 36.2 Å². The lowest BCUT2D eigenvalue weighted by Crippen LogP contribution is -2.50. The Morgan fingerprint density at radius 1 is 0.980 bits per heavy atom. The number of anilines is 1. The summed E-state index contributed by atoms with van der Waals surface area (Å²) in [5.74, 6) is -0.517. The maximum atomic E-state index is 14.2. The molecule has 0 radical (unpaired) electrons. The molecule has 2 saturated carbocycles. The number of hydrogen-bond acceptors (Lipinski definition) is 7. The van der Waals surface area contributed by atoms with E-state index in [4.69, 9.17) is 14.2 Å². The third kappa shape index (κ3) is 9.56. The number of aromatic nitrogens is 1. The second-order valence-electron chi connectivity index (χ2n) is 15.3. The van der Waals surface area contributed by atoms with Crippen LogP contribution in [0.1, 0.15) is 102 Å². The van der Waals surface area contributed by atoms with Crippen LogP contribution in [0.25, 0.3) is 10.9 Å². The number of alkyl halides is 1. The number of likely N-dealkylation sites (tertiary alicyclic amines) is 1. The second-order valence-corrected chi connectivity index (χ2v) is 15.3. The van der Waals surface area contributed by atoms with Gasteiger partial charge in [0, 0.05) is 49.2 Å². The van der Waals surface area contributed by atoms with Crippen molar-refractivity contribution < 1.29 is 37.8 Å². The van der Waals surface area contributed by atoms with E-state index in [1.165, 1.54) is 6.42 Å². The van der Waals surface area contributed by atoms with E-state index in [1.807, 2.05) is 17.0 Å². The number of nitrogens with one attached hydrogen (secondary N) is 3. The molecule has 2 heterocycles. The van der Waals surface area contributed by atoms with E-state index in [9.17, 15) is 23.6 Å². The van der Waals surface area contributed by atoms with Crippen LogP contribution in [0.4, 0.5) is 14.9 Å². The molecule has 0 unspecified atom stereocenters. The molecule has 1 aromatic carbocycles. The van der Waals surface area contributed by atoms with Crippen molar-refractivity contribution in [1.29, 1.82) is 0 Å². The fourth-order valence-electron chi connectivity index (χ4n) is 8.18. The van der Waals surface area contributed by atoms with Gasteiger partial charge in [0.15, 0.2) is 0 Å². The SMILES string of the molecule is COCCCOC(=O)c1cc2cc(NC(=O)[C@@H]3[C@H](C4CCCCC4)CCN3C(=O)[C@H]3CC[C@H]([C@@H](CF)NC(=O)OC(C)(C)C)CC3)ccc2[nH]1. The molecule has 2 aromatic rings. The Bertz CT molecular complexity index is 1480. The van der Waals surface area contributed by atoms with Crippen LogP contribution in [0.5, 0.6) is 0 Å². The van der Waals surface area contributed by atoms with Gasteiger partial charge in [0.25, 0.3) is 0 Å². The largest absolute Gasteiger partial charge is 0.461 e. The number of carbonyl (C=O) groups is 4. The number of ether oxygens (including phenoxy) is 3. The lowest BCUT2D eigenvalue weighted by atomic mass is 9.76. The minimum atomic E-state index is -0.700. The van der Waals surface area contributed by atoms with Crippen molar-refractivity contribution in [3.05, 3.63) is 30.0 Å². The van der Waals surface area contributed by atoms with E-state index in [0.717, 1.165) is 43.0 Å². The number of aromatic amines is 1. The molecule has 0 spiro atoms. The first-order valence-electron chi connectivity index (χ1n) is 18.4. The molecular weight excluding hydrogens is 643 g/mol. The van der Waals surface area contributed by atoms with Crippen molar-refractivity contribution in [1.82, 2.24) is 15.2 Å². The molecule has 0 bridgehead atoms. The van der Waals surface area contributed by atoms with Gasteiger partial charge in [0.1, 0.15) is 24.0 Å². The first kappa shape index (κ1) is 37.6. The number of halogens is 1. The molecular formula is C38H55FN4O7. The Morgan fingerprint density at radius 3 is 2.40 bits per heavy atom. The minimum Gasteiger partial charge on any atom is -0.461 e. The van der Waals surface area contributed by atoms with Crippen LogP contribution in [0.2, 0.25) is 0 Å². The number of methoxy groups -OCH3 is 1. The first-order valence-corrected chi connectivity index (χ1v) is 18.4. The molecule has 3 fully saturated rings. The lowest BCUT2D eigenvalue weighted by Gasteiger charge is -2.37. The van der Waals surface area contributed by atoms with Crippen molar-refractivity contribution >= 4 is 40.5 Å². The summed E-state index contributed by atoms with van der Waals surface area (Å²) in [6.45, 7) is 5.90. The van der Waals surface area contributed by atoms with Crippen LogP contribution >= 0.6 is 0 Å². The van der Waals surface area contributed by atoms with E-state index in [1.54, 1.807) is 40.0 Å². The zero-order valence-corrected chi connectivity index (χ0v) is 30.1. The van der Waals surface area contributed by atoms with Crippen molar-refractivity contribution in [2.24, 2.45) is 23.7 Å². The normalized spacial score (nSPS) is 23.7. The molecule has 12 heteroatoms. The predicted molar refractivity (Wildman–Crippen MR) is 188 cm³/mol. The van der Waals surface area contributed by atoms with Crippen LogP contribution in [0.3, 0.4) is 0 Å². The molecule has 1 aromatic heterocycles. The van der Waals surface area contributed by atoms with Crippen molar-refractivity contribution in [3.8, 4) is 0 Å². The van der Waals surface area contributed by atoms with E-state index >= 15 is 0 Å². The highest BCUT2D eigenvalue weighted by Gasteiger charge is 2.47. The standard InChI is InChI=1S/C38H55FN4O7/c1-38(2,3)50-37(47)42-32(23-39)25-11-13-26(14-12-25)35(45)43-18-17-29(24-9-6-5-7-10-24)33(43)34(44)40-28-15-16-30-27(21-28)22-31(41-30)36(46)49-20-8-19-48-4/h15-16,21-22,24-26,29,32-33,41H,5-14,17-20,23H2,1-4H3,(H,40,44)(H,42,47)/t25-,26-,29-,32+,33-/m0/s1. The zero-order chi connectivity index (χ0) is 35.8. The topological polar surface area (TPSA) is 139 Å². The van der Waals surface area contributed by atoms with E-state index in [2.05, 4.69) is 15.6 Å². The summed E-state index contributed by atoms with van der Waals surface area (Å²) in [5.41, 5.74) is 0.996. The molecule has 1 saturated heterocycles. The predicted octanol–water partition coefficient (Wildman–Crippen LogP) is 6.77. The molecule has 3 amide bonds. The fourth-order valence-corrected chi connectivity index (χ4v) is 8.18. The average Bonchev–Trinajstić information content (AvgIpc) is 3.73. The maximum absolute atomic E-state index is 14.2. The number of fused-ring (bicyclic) bond motifs is 1. The minimum absolute atomic E-state index is 0.00597. The average molecular weight is 699 g/mol. The van der Waals surface area contributed by atoms with Crippen LogP contribution in [0.15, 0.2) is 24.3 Å². The summed E-state index contributed by atoms with van der Waals surface area (Å²) in [7, 11) is 1.60. The van der Waals surface area contributed by atoms with Crippen molar-refractivity contribution in [2.45, 2.75) is 109 Å². The molecule has 3 aliphatic rings. The number of carbonyl (C=O) groups excluding carboxylic acids is 4. The summed E-state index contributed by atoms with van der Waals surface area (Å²) < 4.78 is 29.7. The van der Waals surface area contributed by atoms with Crippen LogP contribution in [-0.2, 0) is 23.8 Å². The highest BCUT2D eigenvalue weighted by atomic mass is 19.1. The molecule has 3 atom stereocenters. The Kier molecular flexibility index (Phi) is 12.8. The van der Waals surface area contributed by atoms with Crippen LogP contribution in [0, 0.1) is 23.7 Å². The summed E-state index contributed by atoms with van der Waals surface area (Å²) >= 11 is 0.